The van der Waals surface area contributed by atoms with E-state index < -0.39 is 6.85 Å². The number of hydrogen-bond acceptors (Lipinski definition) is 0. The summed E-state index contributed by atoms with van der Waals surface area (Å²) in [6.07, 6.45) is 4.44. The molecular formula is C34H44N+. The number of hydrogen-bond donors (Lipinski definition) is 0. The number of pyridine rings is 1. The van der Waals surface area contributed by atoms with Crippen molar-refractivity contribution in [3.63, 3.8) is 0 Å². The van der Waals surface area contributed by atoms with E-state index in [1.807, 2.05) is 19.1 Å². The number of aryl methyl sites for hydroxylation is 3. The van der Waals surface area contributed by atoms with Gasteiger partial charge in [0.25, 0.3) is 0 Å². The van der Waals surface area contributed by atoms with E-state index in [1.165, 1.54) is 33.4 Å². The molecule has 2 aliphatic carbocycles. The molecule has 0 aliphatic heterocycles. The van der Waals surface area contributed by atoms with E-state index in [4.69, 9.17) is 4.11 Å². The number of benzene rings is 2. The van der Waals surface area contributed by atoms with Crippen LogP contribution < -0.4 is 4.57 Å². The fraction of sp³-hybridized carbons (Fsp3) is 0.500. The first-order valence-electron chi connectivity index (χ1n) is 14.6. The lowest BCUT2D eigenvalue weighted by atomic mass is 9.74. The fourth-order valence-electron chi connectivity index (χ4n) is 7.97. The molecule has 0 unspecified atom stereocenters. The SMILES string of the molecule is [2H]C([2H])([2H])c1ccc(-c2cc(-c3c4c(cc5c3C(C)(C)CC5(C)C)C(C)(C)CC4(C)C)cc[n+]2C)c(C)c1. The van der Waals surface area contributed by atoms with Gasteiger partial charge < -0.3 is 0 Å². The van der Waals surface area contributed by atoms with Crippen molar-refractivity contribution in [2.75, 3.05) is 0 Å². The van der Waals surface area contributed by atoms with Crippen LogP contribution in [0.15, 0.2) is 42.6 Å². The Hall–Kier alpha value is -2.41. The zero-order valence-electron chi connectivity index (χ0n) is 26.4. The Morgan fingerprint density at radius 2 is 1.31 bits per heavy atom. The molecule has 0 radical (unpaired) electrons. The first-order chi connectivity index (χ1) is 17.3. The molecule has 0 amide bonds. The smallest absolute Gasteiger partial charge is 0.201 e. The minimum atomic E-state index is -2.10. The molecule has 2 aliphatic rings. The minimum absolute atomic E-state index is 0.0709. The molecule has 35 heavy (non-hydrogen) atoms. The van der Waals surface area contributed by atoms with Gasteiger partial charge in [0.1, 0.15) is 7.05 Å². The highest BCUT2D eigenvalue weighted by molar-refractivity contribution is 5.82. The predicted molar refractivity (Wildman–Crippen MR) is 149 cm³/mol. The average Bonchev–Trinajstić information content (AvgIpc) is 3.07. The molecule has 0 saturated carbocycles. The van der Waals surface area contributed by atoms with Gasteiger partial charge >= 0.3 is 0 Å². The van der Waals surface area contributed by atoms with Gasteiger partial charge in [-0.1, -0.05) is 79.2 Å². The molecule has 1 nitrogen and oxygen atoms in total. The van der Waals surface area contributed by atoms with Crippen LogP contribution in [0.4, 0.5) is 0 Å². The molecule has 0 N–H and O–H groups in total. The Balaban J connectivity index is 1.83. The predicted octanol–water partition coefficient (Wildman–Crippen LogP) is 8.38. The largest absolute Gasteiger partial charge is 0.213 e. The summed E-state index contributed by atoms with van der Waals surface area (Å²) < 4.78 is 25.7. The van der Waals surface area contributed by atoms with Crippen molar-refractivity contribution in [3.8, 4) is 22.4 Å². The van der Waals surface area contributed by atoms with Gasteiger partial charge in [-0.25, -0.2) is 4.57 Å². The Morgan fingerprint density at radius 3 is 1.83 bits per heavy atom. The van der Waals surface area contributed by atoms with Crippen molar-refractivity contribution in [3.05, 3.63) is 76.0 Å². The lowest BCUT2D eigenvalue weighted by molar-refractivity contribution is -0.660. The van der Waals surface area contributed by atoms with Gasteiger partial charge in [-0.2, -0.15) is 0 Å². The van der Waals surface area contributed by atoms with Crippen LogP contribution in [0.2, 0.25) is 0 Å². The van der Waals surface area contributed by atoms with E-state index in [0.29, 0.717) is 5.56 Å². The Morgan fingerprint density at radius 1 is 0.743 bits per heavy atom. The van der Waals surface area contributed by atoms with E-state index in [9.17, 15) is 0 Å². The third-order valence-electron chi connectivity index (χ3n) is 8.85. The van der Waals surface area contributed by atoms with Crippen molar-refractivity contribution in [1.29, 1.82) is 0 Å². The fourth-order valence-corrected chi connectivity index (χ4v) is 7.97. The van der Waals surface area contributed by atoms with Crippen molar-refractivity contribution >= 4 is 0 Å². The molecule has 1 heteroatoms. The first-order valence-corrected chi connectivity index (χ1v) is 13.1. The Labute approximate surface area is 217 Å². The summed E-state index contributed by atoms with van der Waals surface area (Å²) >= 11 is 0. The maximum absolute atomic E-state index is 7.84. The summed E-state index contributed by atoms with van der Waals surface area (Å²) in [7, 11) is 2.08. The molecule has 184 valence electrons. The maximum Gasteiger partial charge on any atom is 0.213 e. The van der Waals surface area contributed by atoms with E-state index in [-0.39, 0.29) is 21.7 Å². The van der Waals surface area contributed by atoms with Crippen molar-refractivity contribution in [2.24, 2.45) is 7.05 Å². The van der Waals surface area contributed by atoms with Gasteiger partial charge in [0.2, 0.25) is 5.69 Å². The van der Waals surface area contributed by atoms with E-state index in [1.54, 1.807) is 6.07 Å². The Bertz CT molecular complexity index is 1420. The van der Waals surface area contributed by atoms with Crippen LogP contribution in [-0.4, -0.2) is 0 Å². The molecule has 0 bridgehead atoms. The number of fused-ring (bicyclic) bond motifs is 2. The van der Waals surface area contributed by atoms with Gasteiger partial charge in [0, 0.05) is 21.8 Å². The second kappa shape index (κ2) is 7.31. The van der Waals surface area contributed by atoms with E-state index in [2.05, 4.69) is 91.4 Å². The minimum Gasteiger partial charge on any atom is -0.201 e. The molecule has 0 spiro atoms. The Kier molecular flexibility index (Phi) is 4.33. The van der Waals surface area contributed by atoms with Crippen LogP contribution in [0.25, 0.3) is 22.4 Å². The lowest BCUT2D eigenvalue weighted by Gasteiger charge is -2.30. The monoisotopic (exact) mass is 469 g/mol. The highest BCUT2D eigenvalue weighted by Gasteiger charge is 2.50. The van der Waals surface area contributed by atoms with Crippen LogP contribution in [0, 0.1) is 13.8 Å². The van der Waals surface area contributed by atoms with Crippen molar-refractivity contribution in [1.82, 2.24) is 0 Å². The van der Waals surface area contributed by atoms with Crippen LogP contribution in [0.3, 0.4) is 0 Å². The average molecular weight is 470 g/mol. The summed E-state index contributed by atoms with van der Waals surface area (Å²) in [5.74, 6) is 0. The molecular weight excluding hydrogens is 422 g/mol. The quantitative estimate of drug-likeness (QED) is 0.332. The zero-order valence-corrected chi connectivity index (χ0v) is 23.4. The molecule has 3 aromatic rings. The standard InChI is InChI=1S/C34H44N/c1-21-12-13-24(22(2)16-21)27-17-23(14-15-35(27)11)28-29-25(31(3,4)19-33(29,7)8)18-26-30(28)34(9,10)20-32(26,5)6/h12-18H,19-20H2,1-11H3/q+1/i1D3. The van der Waals surface area contributed by atoms with E-state index in [0.717, 1.165) is 29.7 Å². The second-order valence-corrected chi connectivity index (χ2v) is 13.9. The summed E-state index contributed by atoms with van der Waals surface area (Å²) in [6, 6.07) is 12.8. The van der Waals surface area contributed by atoms with Crippen molar-refractivity contribution in [2.45, 2.75) is 104 Å². The van der Waals surface area contributed by atoms with Gasteiger partial charge in [-0.15, -0.1) is 0 Å². The third-order valence-corrected chi connectivity index (χ3v) is 8.85. The summed E-state index contributed by atoms with van der Waals surface area (Å²) in [5.41, 5.74) is 12.7. The summed E-state index contributed by atoms with van der Waals surface area (Å²) in [6.45, 7) is 19.3. The number of nitrogens with zero attached hydrogens (tertiary/aromatic N) is 1. The van der Waals surface area contributed by atoms with Gasteiger partial charge in [0.15, 0.2) is 6.20 Å². The summed E-state index contributed by atoms with van der Waals surface area (Å²) in [5, 5.41) is 0. The van der Waals surface area contributed by atoms with Crippen LogP contribution >= 0.6 is 0 Å². The number of aromatic nitrogens is 1. The summed E-state index contributed by atoms with van der Waals surface area (Å²) in [4.78, 5) is 0. The lowest BCUT2D eigenvalue weighted by Crippen LogP contribution is -2.30. The highest BCUT2D eigenvalue weighted by Crippen LogP contribution is 2.60. The first kappa shape index (κ1) is 20.7. The molecule has 5 rings (SSSR count). The molecule has 0 saturated heterocycles. The molecule has 2 aromatic carbocycles. The number of rotatable bonds is 2. The molecule has 0 fully saturated rings. The van der Waals surface area contributed by atoms with Crippen LogP contribution in [-0.2, 0) is 28.7 Å². The van der Waals surface area contributed by atoms with Crippen LogP contribution in [0.1, 0.15) is 106 Å². The maximum atomic E-state index is 7.84. The molecule has 1 heterocycles. The topological polar surface area (TPSA) is 3.88 Å². The van der Waals surface area contributed by atoms with Gasteiger partial charge in [-0.05, 0) is 93.3 Å². The van der Waals surface area contributed by atoms with E-state index >= 15 is 0 Å². The van der Waals surface area contributed by atoms with Crippen LogP contribution in [0.5, 0.6) is 0 Å². The second-order valence-electron chi connectivity index (χ2n) is 13.9. The normalized spacial score (nSPS) is 22.2. The van der Waals surface area contributed by atoms with Gasteiger partial charge in [-0.3, -0.25) is 0 Å². The zero-order chi connectivity index (χ0) is 28.2. The van der Waals surface area contributed by atoms with Gasteiger partial charge in [0.05, 0.1) is 0 Å². The molecule has 0 atom stereocenters. The van der Waals surface area contributed by atoms with Crippen molar-refractivity contribution < 1.29 is 8.68 Å². The highest BCUT2D eigenvalue weighted by atomic mass is 14.9. The third kappa shape index (κ3) is 3.61. The molecule has 1 aromatic heterocycles.